The van der Waals surface area contributed by atoms with Crippen LogP contribution in [0.15, 0.2) is 12.1 Å². The number of halogens is 1. The number of ether oxygens (including phenoxy) is 1. The van der Waals surface area contributed by atoms with E-state index in [2.05, 4.69) is 0 Å². The van der Waals surface area contributed by atoms with Crippen molar-refractivity contribution in [2.24, 2.45) is 5.92 Å². The first-order chi connectivity index (χ1) is 9.49. The third-order valence-corrected chi connectivity index (χ3v) is 3.64. The minimum atomic E-state index is -0.490. The van der Waals surface area contributed by atoms with Crippen molar-refractivity contribution in [1.29, 1.82) is 0 Å². The summed E-state index contributed by atoms with van der Waals surface area (Å²) >= 11 is 0. The molecule has 1 atom stereocenters. The van der Waals surface area contributed by atoms with Gasteiger partial charge in [0, 0.05) is 25.9 Å². The van der Waals surface area contributed by atoms with Gasteiger partial charge < -0.3 is 15.4 Å². The second-order valence-corrected chi connectivity index (χ2v) is 5.47. The molecule has 2 N–H and O–H groups in total. The van der Waals surface area contributed by atoms with Crippen molar-refractivity contribution >= 4 is 11.6 Å². The fourth-order valence-corrected chi connectivity index (χ4v) is 2.58. The number of amides is 1. The van der Waals surface area contributed by atoms with Gasteiger partial charge in [0.05, 0.1) is 12.2 Å². The molecule has 0 spiro atoms. The number of nitrogens with zero attached hydrogens (tertiary/aromatic N) is 1. The highest BCUT2D eigenvalue weighted by Gasteiger charge is 2.22. The van der Waals surface area contributed by atoms with Crippen LogP contribution >= 0.6 is 0 Å². The second-order valence-electron chi connectivity index (χ2n) is 5.47. The summed E-state index contributed by atoms with van der Waals surface area (Å²) in [4.78, 5) is 13.9. The summed E-state index contributed by atoms with van der Waals surface area (Å²) in [6, 6.07) is 2.93. The third-order valence-electron chi connectivity index (χ3n) is 3.64. The highest BCUT2D eigenvalue weighted by atomic mass is 19.1. The molecule has 1 unspecified atom stereocenters. The van der Waals surface area contributed by atoms with Crippen LogP contribution in [0.3, 0.4) is 0 Å². The average molecular weight is 280 g/mol. The van der Waals surface area contributed by atoms with Gasteiger partial charge in [-0.05, 0) is 43.4 Å². The average Bonchev–Trinajstić information content (AvgIpc) is 2.43. The Labute approximate surface area is 118 Å². The first-order valence-electron chi connectivity index (χ1n) is 6.88. The van der Waals surface area contributed by atoms with Crippen molar-refractivity contribution in [3.63, 3.8) is 0 Å². The van der Waals surface area contributed by atoms with Crippen molar-refractivity contribution in [2.75, 3.05) is 32.5 Å². The zero-order valence-corrected chi connectivity index (χ0v) is 12.0. The number of benzene rings is 1. The summed E-state index contributed by atoms with van der Waals surface area (Å²) in [7, 11) is 1.69. The lowest BCUT2D eigenvalue weighted by molar-refractivity contribution is 0.0387. The number of nitrogens with two attached hydrogens (primary N) is 1. The van der Waals surface area contributed by atoms with Crippen LogP contribution < -0.4 is 5.73 Å². The van der Waals surface area contributed by atoms with Gasteiger partial charge in [0.1, 0.15) is 5.82 Å². The number of hydrogen-bond acceptors (Lipinski definition) is 3. The van der Waals surface area contributed by atoms with Crippen LogP contribution in [0.5, 0.6) is 0 Å². The van der Waals surface area contributed by atoms with Gasteiger partial charge >= 0.3 is 0 Å². The van der Waals surface area contributed by atoms with Crippen LogP contribution in [0.25, 0.3) is 0 Å². The first kappa shape index (κ1) is 14.8. The van der Waals surface area contributed by atoms with Gasteiger partial charge in [-0.2, -0.15) is 0 Å². The van der Waals surface area contributed by atoms with E-state index in [4.69, 9.17) is 10.5 Å². The number of aryl methyl sites for hydroxylation is 1. The van der Waals surface area contributed by atoms with Crippen LogP contribution in [-0.4, -0.2) is 37.6 Å². The van der Waals surface area contributed by atoms with Gasteiger partial charge in [0.2, 0.25) is 0 Å². The van der Waals surface area contributed by atoms with E-state index in [-0.39, 0.29) is 11.5 Å². The summed E-state index contributed by atoms with van der Waals surface area (Å²) < 4.78 is 19.4. The molecular formula is C15H21FN2O2. The molecule has 1 aromatic carbocycles. The highest BCUT2D eigenvalue weighted by molar-refractivity contribution is 5.95. The summed E-state index contributed by atoms with van der Waals surface area (Å²) in [5.41, 5.74) is 6.53. The number of anilines is 1. The molecule has 0 aliphatic carbocycles. The molecule has 1 heterocycles. The predicted octanol–water partition coefficient (Wildman–Crippen LogP) is 2.21. The van der Waals surface area contributed by atoms with Crippen LogP contribution in [0.2, 0.25) is 0 Å². The van der Waals surface area contributed by atoms with Crippen LogP contribution in [0, 0.1) is 18.7 Å². The molecule has 1 aliphatic heterocycles. The molecule has 5 heteroatoms. The van der Waals surface area contributed by atoms with Crippen molar-refractivity contribution in [3.05, 3.63) is 29.1 Å². The van der Waals surface area contributed by atoms with Gasteiger partial charge in [0.25, 0.3) is 5.91 Å². The number of hydrogen-bond donors (Lipinski definition) is 1. The third kappa shape index (κ3) is 3.28. The largest absolute Gasteiger partial charge is 0.399 e. The minimum Gasteiger partial charge on any atom is -0.399 e. The maximum Gasteiger partial charge on any atom is 0.256 e. The summed E-state index contributed by atoms with van der Waals surface area (Å²) in [5.74, 6) is -0.498. The van der Waals surface area contributed by atoms with Gasteiger partial charge in [-0.1, -0.05) is 0 Å². The zero-order chi connectivity index (χ0) is 14.7. The quantitative estimate of drug-likeness (QED) is 0.864. The monoisotopic (exact) mass is 280 g/mol. The lowest BCUT2D eigenvalue weighted by atomic mass is 10.0. The normalized spacial score (nSPS) is 18.9. The lowest BCUT2D eigenvalue weighted by Crippen LogP contribution is -2.35. The fraction of sp³-hybridized carbons (Fsp3) is 0.533. The SMILES string of the molecule is Cc1cc(N)cc(C(=O)N(C)CC2CCCOC2)c1F. The van der Waals surface area contributed by atoms with Crippen molar-refractivity contribution in [1.82, 2.24) is 4.90 Å². The summed E-state index contributed by atoms with van der Waals surface area (Å²) in [6.45, 7) is 3.64. The van der Waals surface area contributed by atoms with Crippen molar-refractivity contribution in [2.45, 2.75) is 19.8 Å². The number of rotatable bonds is 3. The molecule has 1 saturated heterocycles. The molecule has 4 nitrogen and oxygen atoms in total. The molecule has 0 aromatic heterocycles. The molecule has 110 valence electrons. The summed E-state index contributed by atoms with van der Waals surface area (Å²) in [6.07, 6.45) is 2.05. The van der Waals surface area contributed by atoms with Gasteiger partial charge in [-0.3, -0.25) is 4.79 Å². The highest BCUT2D eigenvalue weighted by Crippen LogP contribution is 2.20. The number of carbonyl (C=O) groups is 1. The molecule has 20 heavy (non-hydrogen) atoms. The van der Waals surface area contributed by atoms with E-state index < -0.39 is 5.82 Å². The van der Waals surface area contributed by atoms with Crippen LogP contribution in [-0.2, 0) is 4.74 Å². The number of nitrogen functional groups attached to an aromatic ring is 1. The Kier molecular flexibility index (Phi) is 4.60. The Morgan fingerprint density at radius 2 is 2.30 bits per heavy atom. The lowest BCUT2D eigenvalue weighted by Gasteiger charge is -2.27. The topological polar surface area (TPSA) is 55.6 Å². The maximum atomic E-state index is 14.0. The van der Waals surface area contributed by atoms with Gasteiger partial charge in [-0.15, -0.1) is 0 Å². The number of carbonyl (C=O) groups excluding carboxylic acids is 1. The van der Waals surface area contributed by atoms with E-state index in [0.29, 0.717) is 30.3 Å². The smallest absolute Gasteiger partial charge is 0.256 e. The molecule has 0 bridgehead atoms. The Hall–Kier alpha value is -1.62. The molecule has 1 aliphatic rings. The van der Waals surface area contributed by atoms with E-state index >= 15 is 0 Å². The predicted molar refractivity (Wildman–Crippen MR) is 76.1 cm³/mol. The maximum absolute atomic E-state index is 14.0. The van der Waals surface area contributed by atoms with Crippen molar-refractivity contribution < 1.29 is 13.9 Å². The molecule has 1 aromatic rings. The molecule has 1 fully saturated rings. The Balaban J connectivity index is 2.10. The van der Waals surface area contributed by atoms with E-state index in [0.717, 1.165) is 19.4 Å². The summed E-state index contributed by atoms with van der Waals surface area (Å²) in [5, 5.41) is 0. The molecular weight excluding hydrogens is 259 g/mol. The minimum absolute atomic E-state index is 0.0433. The Bertz CT molecular complexity index is 499. The Morgan fingerprint density at radius 1 is 1.55 bits per heavy atom. The molecule has 2 rings (SSSR count). The molecule has 0 saturated carbocycles. The van der Waals surface area contributed by atoms with Crippen molar-refractivity contribution in [3.8, 4) is 0 Å². The van der Waals surface area contributed by atoms with Crippen LogP contribution in [0.4, 0.5) is 10.1 Å². The van der Waals surface area contributed by atoms with E-state index in [1.165, 1.54) is 12.1 Å². The second kappa shape index (κ2) is 6.22. The van der Waals surface area contributed by atoms with Crippen LogP contribution in [0.1, 0.15) is 28.8 Å². The van der Waals surface area contributed by atoms with Gasteiger partial charge in [0.15, 0.2) is 0 Å². The van der Waals surface area contributed by atoms with E-state index in [1.807, 2.05) is 0 Å². The zero-order valence-electron chi connectivity index (χ0n) is 12.0. The van der Waals surface area contributed by atoms with Gasteiger partial charge in [-0.25, -0.2) is 4.39 Å². The van der Waals surface area contributed by atoms with E-state index in [1.54, 1.807) is 18.9 Å². The Morgan fingerprint density at radius 3 is 2.95 bits per heavy atom. The molecule has 1 amide bonds. The molecule has 0 radical (unpaired) electrons. The van der Waals surface area contributed by atoms with E-state index in [9.17, 15) is 9.18 Å². The first-order valence-corrected chi connectivity index (χ1v) is 6.88. The standard InChI is InChI=1S/C15H21FN2O2/c1-10-6-12(17)7-13(14(10)16)15(19)18(2)8-11-4-3-5-20-9-11/h6-7,11H,3-5,8-9,17H2,1-2H3. The fourth-order valence-electron chi connectivity index (χ4n) is 2.58.